The van der Waals surface area contributed by atoms with Crippen LogP contribution in [0.15, 0.2) is 54.6 Å². The van der Waals surface area contributed by atoms with Gasteiger partial charge in [0.25, 0.3) is 0 Å². The van der Waals surface area contributed by atoms with E-state index in [2.05, 4.69) is 4.89 Å². The molecule has 0 saturated carbocycles. The van der Waals surface area contributed by atoms with Crippen LogP contribution in [0.1, 0.15) is 49.7 Å². The number of benzene rings is 3. The Kier molecular flexibility index (Phi) is 10.8. The van der Waals surface area contributed by atoms with E-state index in [-0.39, 0.29) is 82.8 Å². The van der Waals surface area contributed by atoms with Crippen LogP contribution < -0.4 is 69.5 Å². The van der Waals surface area contributed by atoms with Gasteiger partial charge in [-0.25, -0.2) is 0 Å². The summed E-state index contributed by atoms with van der Waals surface area (Å²) in [4.78, 5) is 15.5. The number of carboxylic acid groups (broad SMARTS) is 1. The monoisotopic (exact) mass is 438 g/mol. The van der Waals surface area contributed by atoms with Crippen LogP contribution in [0.4, 0.5) is 0 Å². The molecule has 0 aliphatic rings. The second-order valence-electron chi connectivity index (χ2n) is 6.97. The van der Waals surface area contributed by atoms with Crippen LogP contribution in [0.25, 0.3) is 0 Å². The van der Waals surface area contributed by atoms with Gasteiger partial charge in [0.1, 0.15) is 11.5 Å². The third kappa shape index (κ3) is 6.12. The molecule has 0 bridgehead atoms. The molecule has 150 valence electrons. The SMILES string of the molecule is Cc1cc(C(c2ccccc2)c2cc(C)c(O)c(C(=O)[O-])c2)cc(CO[O-])c1O.[Na+].[Na+]. The van der Waals surface area contributed by atoms with Crippen LogP contribution in [-0.2, 0) is 11.5 Å². The first-order valence-corrected chi connectivity index (χ1v) is 9.00. The second kappa shape index (κ2) is 12.0. The van der Waals surface area contributed by atoms with E-state index in [0.717, 1.165) is 11.1 Å². The second-order valence-corrected chi connectivity index (χ2v) is 6.97. The van der Waals surface area contributed by atoms with Crippen molar-refractivity contribution in [3.8, 4) is 11.5 Å². The molecule has 1 unspecified atom stereocenters. The molecule has 0 aromatic heterocycles. The summed E-state index contributed by atoms with van der Waals surface area (Å²) in [5.74, 6) is -2.23. The van der Waals surface area contributed by atoms with E-state index in [9.17, 15) is 25.4 Å². The first-order chi connectivity index (χ1) is 13.8. The van der Waals surface area contributed by atoms with E-state index in [4.69, 9.17) is 0 Å². The minimum atomic E-state index is -1.47. The molecule has 0 aliphatic heterocycles. The van der Waals surface area contributed by atoms with Gasteiger partial charge in [0.15, 0.2) is 0 Å². The summed E-state index contributed by atoms with van der Waals surface area (Å²) in [6.45, 7) is 3.02. The minimum absolute atomic E-state index is 0. The molecule has 0 amide bonds. The number of aryl methyl sites for hydroxylation is 2. The standard InChI is InChI=1S/C23H22O6.2Na/c1-13-8-16(10-18(12-29-28)21(13)24)20(15-6-4-3-5-7-15)17-9-14(2)22(25)19(11-17)23(26)27;;/h3-11,20,24-25,28H,12H2,1-2H3,(H,26,27);;/q;2*+1/p-2. The molecule has 0 fully saturated rings. The maximum Gasteiger partial charge on any atom is 1.00 e. The van der Waals surface area contributed by atoms with Crippen LogP contribution in [0.5, 0.6) is 11.5 Å². The van der Waals surface area contributed by atoms with E-state index in [1.54, 1.807) is 32.0 Å². The molecule has 3 rings (SSSR count). The summed E-state index contributed by atoms with van der Waals surface area (Å²) in [6, 6.07) is 15.9. The predicted octanol–water partition coefficient (Wildman–Crippen LogP) is -3.94. The average Bonchev–Trinajstić information content (AvgIpc) is 2.69. The molecule has 6 nitrogen and oxygen atoms in total. The summed E-state index contributed by atoms with van der Waals surface area (Å²) < 4.78 is 0. The van der Waals surface area contributed by atoms with Crippen molar-refractivity contribution in [2.75, 3.05) is 0 Å². The summed E-state index contributed by atoms with van der Waals surface area (Å²) in [5, 5.41) is 42.5. The molecule has 3 aromatic carbocycles. The van der Waals surface area contributed by atoms with Gasteiger partial charge in [0.2, 0.25) is 0 Å². The Morgan fingerprint density at radius 3 is 2.00 bits per heavy atom. The zero-order chi connectivity index (χ0) is 21.1. The number of aromatic hydroxyl groups is 2. The largest absolute Gasteiger partial charge is 1.00 e. The van der Waals surface area contributed by atoms with Gasteiger partial charge in [-0.1, -0.05) is 42.5 Å². The van der Waals surface area contributed by atoms with Gasteiger partial charge in [0.05, 0.1) is 12.6 Å². The van der Waals surface area contributed by atoms with Crippen molar-refractivity contribution >= 4 is 5.97 Å². The molecule has 0 saturated heterocycles. The van der Waals surface area contributed by atoms with Crippen LogP contribution in [0.2, 0.25) is 0 Å². The Morgan fingerprint density at radius 1 is 0.903 bits per heavy atom. The van der Waals surface area contributed by atoms with Gasteiger partial charge in [0, 0.05) is 17.0 Å². The maximum absolute atomic E-state index is 11.5. The first kappa shape index (κ1) is 27.7. The van der Waals surface area contributed by atoms with Gasteiger partial charge >= 0.3 is 59.1 Å². The fraction of sp³-hybridized carbons (Fsp3) is 0.174. The summed E-state index contributed by atoms with van der Waals surface area (Å²) >= 11 is 0. The van der Waals surface area contributed by atoms with E-state index in [1.165, 1.54) is 6.07 Å². The molecule has 0 heterocycles. The molecule has 8 heteroatoms. The van der Waals surface area contributed by atoms with Gasteiger partial charge in [-0.05, 0) is 53.8 Å². The number of hydrogen-bond donors (Lipinski definition) is 2. The molecule has 0 radical (unpaired) electrons. The van der Waals surface area contributed by atoms with Gasteiger partial charge in [-0.15, -0.1) is 0 Å². The Balaban J connectivity index is 0.00000240. The van der Waals surface area contributed by atoms with E-state index < -0.39 is 11.9 Å². The third-order valence-corrected chi connectivity index (χ3v) is 4.96. The van der Waals surface area contributed by atoms with Gasteiger partial charge in [-0.2, -0.15) is 0 Å². The smallest absolute Gasteiger partial charge is 0.723 e. The van der Waals surface area contributed by atoms with Crippen molar-refractivity contribution < 1.29 is 89.4 Å². The number of aromatic carboxylic acids is 1. The third-order valence-electron chi connectivity index (χ3n) is 4.96. The Morgan fingerprint density at radius 2 is 1.45 bits per heavy atom. The topological polar surface area (TPSA) is 113 Å². The first-order valence-electron chi connectivity index (χ1n) is 9.00. The zero-order valence-corrected chi connectivity index (χ0v) is 22.0. The van der Waals surface area contributed by atoms with Crippen LogP contribution in [0.3, 0.4) is 0 Å². The normalized spacial score (nSPS) is 11.2. The minimum Gasteiger partial charge on any atom is -0.723 e. The molecule has 0 spiro atoms. The number of hydrogen-bond acceptors (Lipinski definition) is 6. The number of carbonyl (C=O) groups is 1. The van der Waals surface area contributed by atoms with Crippen LogP contribution >= 0.6 is 0 Å². The summed E-state index contributed by atoms with van der Waals surface area (Å²) in [7, 11) is 0. The van der Waals surface area contributed by atoms with Crippen molar-refractivity contribution in [3.63, 3.8) is 0 Å². The molecule has 3 aromatic rings. The maximum atomic E-state index is 11.5. The van der Waals surface area contributed by atoms with Crippen molar-refractivity contribution in [1.29, 1.82) is 0 Å². The molecular weight excluding hydrogens is 418 g/mol. The van der Waals surface area contributed by atoms with E-state index in [0.29, 0.717) is 22.3 Å². The summed E-state index contributed by atoms with van der Waals surface area (Å²) in [6.07, 6.45) is 0. The van der Waals surface area contributed by atoms with Crippen LogP contribution in [-0.4, -0.2) is 16.2 Å². The Labute approximate surface area is 225 Å². The van der Waals surface area contributed by atoms with Gasteiger partial charge < -0.3 is 30.3 Å². The molecule has 2 N–H and O–H groups in total. The average molecular weight is 438 g/mol. The van der Waals surface area contributed by atoms with Gasteiger partial charge in [-0.3, -0.25) is 0 Å². The molecule has 1 atom stereocenters. The fourth-order valence-electron chi connectivity index (χ4n) is 3.58. The zero-order valence-electron chi connectivity index (χ0n) is 18.0. The Hall–Kier alpha value is -1.35. The predicted molar refractivity (Wildman–Crippen MR) is 102 cm³/mol. The number of rotatable bonds is 6. The van der Waals surface area contributed by atoms with Crippen molar-refractivity contribution in [3.05, 3.63) is 93.5 Å². The number of carboxylic acids is 1. The molecule has 31 heavy (non-hydrogen) atoms. The van der Waals surface area contributed by atoms with Crippen molar-refractivity contribution in [1.82, 2.24) is 0 Å². The summed E-state index contributed by atoms with van der Waals surface area (Å²) in [5.41, 5.74) is 3.26. The quantitative estimate of drug-likeness (QED) is 0.176. The number of phenols is 2. The van der Waals surface area contributed by atoms with E-state index >= 15 is 0 Å². The molecule has 0 aliphatic carbocycles. The number of carbonyl (C=O) groups excluding carboxylic acids is 1. The fourth-order valence-corrected chi connectivity index (χ4v) is 3.58. The van der Waals surface area contributed by atoms with Crippen molar-refractivity contribution in [2.45, 2.75) is 26.4 Å². The van der Waals surface area contributed by atoms with E-state index in [1.807, 2.05) is 30.3 Å². The van der Waals surface area contributed by atoms with Crippen molar-refractivity contribution in [2.24, 2.45) is 0 Å². The Bertz CT molecular complexity index is 1050. The number of phenolic OH excluding ortho intramolecular Hbond substituents is 1. The molecular formula is C23H20Na2O6. The van der Waals surface area contributed by atoms with Crippen LogP contribution in [0, 0.1) is 13.8 Å².